The molecule has 4 rings (SSSR count). The maximum Gasteiger partial charge on any atom is 0.255 e. The summed E-state index contributed by atoms with van der Waals surface area (Å²) in [5.74, 6) is -11.4. The Labute approximate surface area is 284 Å². The van der Waals surface area contributed by atoms with E-state index in [-0.39, 0.29) is 35.1 Å². The number of fused-ring (bicyclic) bond motifs is 3. The maximum absolute atomic E-state index is 14.2. The number of aromatic hydroxyl groups is 1. The predicted octanol–water partition coefficient (Wildman–Crippen LogP) is 0.339. The van der Waals surface area contributed by atoms with Gasteiger partial charge in [0.1, 0.15) is 28.9 Å². The number of nitrogens with two attached hydrogens (primary N) is 2. The number of anilines is 1. The summed E-state index contributed by atoms with van der Waals surface area (Å²) in [5.41, 5.74) is 6.58. The zero-order valence-electron chi connectivity index (χ0n) is 28.6. The van der Waals surface area contributed by atoms with Gasteiger partial charge in [-0.05, 0) is 56.3 Å². The van der Waals surface area contributed by atoms with Crippen LogP contribution in [0.1, 0.15) is 64.5 Å². The van der Waals surface area contributed by atoms with E-state index in [4.69, 9.17) is 11.5 Å². The first kappa shape index (κ1) is 37.5. The van der Waals surface area contributed by atoms with Gasteiger partial charge in [-0.2, -0.15) is 0 Å². The highest BCUT2D eigenvalue weighted by molar-refractivity contribution is 6.24. The lowest BCUT2D eigenvalue weighted by Gasteiger charge is -2.53. The van der Waals surface area contributed by atoms with Crippen molar-refractivity contribution in [1.29, 1.82) is 0 Å². The first-order chi connectivity index (χ1) is 22.7. The highest BCUT2D eigenvalue weighted by Crippen LogP contribution is 2.56. The van der Waals surface area contributed by atoms with Crippen LogP contribution in [-0.4, -0.2) is 104 Å². The van der Waals surface area contributed by atoms with Gasteiger partial charge < -0.3 is 47.6 Å². The molecule has 3 aliphatic carbocycles. The normalized spacial score (nSPS) is 27.9. The number of carbonyl (C=O) groups is 5. The summed E-state index contributed by atoms with van der Waals surface area (Å²) in [4.78, 5) is 67.3. The molecule has 0 bridgehead atoms. The van der Waals surface area contributed by atoms with E-state index in [1.54, 1.807) is 6.92 Å². The lowest BCUT2D eigenvalue weighted by molar-refractivity contribution is -0.169. The topological polar surface area (TPSA) is 266 Å². The summed E-state index contributed by atoms with van der Waals surface area (Å²) in [6, 6.07) is -0.505. The Hall–Kier alpha value is -4.31. The second-order valence-electron chi connectivity index (χ2n) is 14.4. The summed E-state index contributed by atoms with van der Waals surface area (Å²) in [6.07, 6.45) is -1.11. The number of phenolic OH excluding ortho intramolecular Hbond substituents is 1. The number of aliphatic hydroxyl groups is 4. The van der Waals surface area contributed by atoms with Crippen LogP contribution in [0.3, 0.4) is 0 Å². The van der Waals surface area contributed by atoms with Crippen molar-refractivity contribution in [2.24, 2.45) is 35.1 Å². The molecule has 1 fully saturated rings. The Morgan fingerprint density at radius 1 is 1.00 bits per heavy atom. The van der Waals surface area contributed by atoms with Crippen LogP contribution in [0.5, 0.6) is 5.75 Å². The average Bonchev–Trinajstić information content (AvgIpc) is 2.98. The molecular weight excluding hydrogens is 638 g/mol. The number of carbonyl (C=O) groups excluding carboxylic acids is 5. The number of benzene rings is 1. The molecule has 8 atom stereocenters. The van der Waals surface area contributed by atoms with E-state index in [0.29, 0.717) is 6.42 Å². The van der Waals surface area contributed by atoms with Crippen molar-refractivity contribution in [3.8, 4) is 5.75 Å². The molecule has 49 heavy (non-hydrogen) atoms. The van der Waals surface area contributed by atoms with Gasteiger partial charge >= 0.3 is 0 Å². The summed E-state index contributed by atoms with van der Waals surface area (Å²) >= 11 is 0. The smallest absolute Gasteiger partial charge is 0.255 e. The first-order valence-electron chi connectivity index (χ1n) is 16.2. The molecule has 11 N–H and O–H groups in total. The minimum absolute atomic E-state index is 0.0258. The quantitative estimate of drug-likeness (QED) is 0.119. The molecule has 0 heterocycles. The van der Waals surface area contributed by atoms with Gasteiger partial charge in [0, 0.05) is 11.5 Å². The summed E-state index contributed by atoms with van der Waals surface area (Å²) < 4.78 is 0. The zero-order valence-corrected chi connectivity index (χ0v) is 28.6. The number of rotatable bonds is 10. The summed E-state index contributed by atoms with van der Waals surface area (Å²) in [5, 5.41) is 63.0. The van der Waals surface area contributed by atoms with Crippen LogP contribution in [0.15, 0.2) is 29.0 Å². The molecule has 0 radical (unpaired) electrons. The third kappa shape index (κ3) is 6.20. The van der Waals surface area contributed by atoms with Gasteiger partial charge in [-0.3, -0.25) is 28.9 Å². The number of nitrogens with one attached hydrogen (secondary N) is 2. The lowest BCUT2D eigenvalue weighted by atomic mass is 9.54. The SMILES string of the molecule is CC(C)C[C@H](NC(=O)[C@@H](N)CC(C)C)C(=O)Nc1ccc2c(c1O)C(O)=C1C(=O)[C@]3(O)C(O)=C(C(N)=O)C(=O)[C@@H](N(C)C)C3[C@@H](O)C1[C@H]2C. The van der Waals surface area contributed by atoms with Gasteiger partial charge in [0.25, 0.3) is 5.91 Å². The third-order valence-corrected chi connectivity index (χ3v) is 9.79. The molecule has 268 valence electrons. The molecule has 15 heteroatoms. The minimum Gasteiger partial charge on any atom is -0.508 e. The summed E-state index contributed by atoms with van der Waals surface area (Å²) in [6.45, 7) is 9.13. The standard InChI is InChI=1S/C34H47N5O10/c1-12(2)10-16(35)32(47)38-18(11-13(3)4)33(48)37-17-9-8-15-14(5)19-21(26(41)20(15)25(17)40)29(44)34(49)23(27(19)42)24(39(6)7)28(43)22(30(34)45)31(36)46/h8-9,12-14,16,18-19,23-24,27,40-42,45,49H,10-11,35H2,1-7H3,(H2,36,46)(H,37,48)(H,38,47)/t14-,16-,18-,19?,23?,24-,27-,34-/m0/s1. The van der Waals surface area contributed by atoms with Crippen molar-refractivity contribution in [2.45, 2.75) is 83.2 Å². The number of hydrogen-bond donors (Lipinski definition) is 9. The second kappa shape index (κ2) is 13.5. The minimum atomic E-state index is -3.05. The van der Waals surface area contributed by atoms with Crippen LogP contribution < -0.4 is 22.1 Å². The van der Waals surface area contributed by atoms with E-state index in [0.717, 1.165) is 0 Å². The predicted molar refractivity (Wildman–Crippen MR) is 178 cm³/mol. The number of nitrogens with zero attached hydrogens (tertiary/aromatic N) is 1. The number of Topliss-reactive ketones (excluding diaryl/α,β-unsaturated/α-hetero) is 2. The Morgan fingerprint density at radius 3 is 2.12 bits per heavy atom. The molecule has 0 saturated heterocycles. The van der Waals surface area contributed by atoms with Crippen molar-refractivity contribution in [1.82, 2.24) is 10.2 Å². The summed E-state index contributed by atoms with van der Waals surface area (Å²) in [7, 11) is 2.85. The fourth-order valence-corrected chi connectivity index (χ4v) is 7.53. The van der Waals surface area contributed by atoms with Gasteiger partial charge in [-0.1, -0.05) is 40.7 Å². The van der Waals surface area contributed by atoms with Crippen LogP contribution in [-0.2, 0) is 24.0 Å². The van der Waals surface area contributed by atoms with Gasteiger partial charge in [0.05, 0.1) is 35.4 Å². The second-order valence-corrected chi connectivity index (χ2v) is 14.4. The zero-order chi connectivity index (χ0) is 37.0. The van der Waals surface area contributed by atoms with Crippen molar-refractivity contribution in [3.05, 3.63) is 40.2 Å². The van der Waals surface area contributed by atoms with Crippen LogP contribution in [0.25, 0.3) is 5.76 Å². The van der Waals surface area contributed by atoms with Crippen LogP contribution in [0.4, 0.5) is 5.69 Å². The largest absolute Gasteiger partial charge is 0.508 e. The van der Waals surface area contributed by atoms with Gasteiger partial charge in [-0.25, -0.2) is 0 Å². The van der Waals surface area contributed by atoms with E-state index in [2.05, 4.69) is 10.6 Å². The van der Waals surface area contributed by atoms with Crippen LogP contribution in [0, 0.1) is 23.7 Å². The Morgan fingerprint density at radius 2 is 1.59 bits per heavy atom. The Kier molecular flexibility index (Phi) is 10.4. The molecule has 15 nitrogen and oxygen atoms in total. The van der Waals surface area contributed by atoms with Crippen LogP contribution in [0.2, 0.25) is 0 Å². The molecule has 1 aromatic carbocycles. The van der Waals surface area contributed by atoms with E-state index < -0.39 is 105 Å². The Bertz CT molecular complexity index is 1650. The number of primary amides is 1. The number of amides is 3. The number of likely N-dealkylation sites (N-methyl/N-ethyl adjacent to an activating group) is 1. The van der Waals surface area contributed by atoms with E-state index in [1.807, 2.05) is 27.7 Å². The molecule has 1 saturated carbocycles. The highest BCUT2D eigenvalue weighted by atomic mass is 16.4. The number of hydrogen-bond acceptors (Lipinski definition) is 12. The molecule has 0 aromatic heterocycles. The Balaban J connectivity index is 1.80. The molecule has 2 unspecified atom stereocenters. The fourth-order valence-electron chi connectivity index (χ4n) is 7.53. The van der Waals surface area contributed by atoms with E-state index >= 15 is 0 Å². The maximum atomic E-state index is 14.2. The highest BCUT2D eigenvalue weighted by Gasteiger charge is 2.68. The molecule has 3 amide bonds. The van der Waals surface area contributed by atoms with Crippen molar-refractivity contribution < 1.29 is 49.5 Å². The van der Waals surface area contributed by atoms with Gasteiger partial charge in [0.2, 0.25) is 17.6 Å². The molecule has 1 aromatic rings. The monoisotopic (exact) mass is 685 g/mol. The third-order valence-electron chi connectivity index (χ3n) is 9.79. The van der Waals surface area contributed by atoms with Gasteiger partial charge in [0.15, 0.2) is 11.4 Å². The molecule has 0 aliphatic heterocycles. The van der Waals surface area contributed by atoms with Crippen molar-refractivity contribution >= 4 is 40.7 Å². The van der Waals surface area contributed by atoms with Crippen molar-refractivity contribution in [2.75, 3.05) is 19.4 Å². The van der Waals surface area contributed by atoms with E-state index in [9.17, 15) is 49.5 Å². The fraction of sp³-hybridized carbons (Fsp3) is 0.559. The van der Waals surface area contributed by atoms with Crippen molar-refractivity contribution in [3.63, 3.8) is 0 Å². The molecular formula is C34H47N5O10. The van der Waals surface area contributed by atoms with Crippen LogP contribution >= 0.6 is 0 Å². The molecule has 0 spiro atoms. The van der Waals surface area contributed by atoms with E-state index in [1.165, 1.54) is 31.1 Å². The lowest BCUT2D eigenvalue weighted by Crippen LogP contribution is -2.70. The first-order valence-corrected chi connectivity index (χ1v) is 16.2. The average molecular weight is 686 g/mol. The number of phenols is 1. The van der Waals surface area contributed by atoms with Gasteiger partial charge in [-0.15, -0.1) is 0 Å². The number of ketones is 2. The number of aliphatic hydroxyl groups excluding tert-OH is 3. The molecule has 3 aliphatic rings.